The molecule has 3 heterocycles. The van der Waals surface area contributed by atoms with Crippen molar-refractivity contribution in [3.05, 3.63) is 87.1 Å². The van der Waals surface area contributed by atoms with E-state index in [1.807, 2.05) is 43.8 Å². The lowest BCUT2D eigenvalue weighted by atomic mass is 9.81. The Morgan fingerprint density at radius 3 is 2.50 bits per heavy atom. The van der Waals surface area contributed by atoms with Crippen molar-refractivity contribution in [1.29, 1.82) is 0 Å². The van der Waals surface area contributed by atoms with E-state index in [1.165, 1.54) is 21.6 Å². The molecule has 0 saturated carbocycles. The number of amides is 1. The topological polar surface area (TPSA) is 75.4 Å². The Hall–Kier alpha value is -3.06. The second-order valence-electron chi connectivity index (χ2n) is 8.65. The standard InChI is InChI=1S/C25H25N3O3S/c1-14(2)27-12-19(28-15(3)26-24(30)23(29)22(28)25(27)31)21-17-9-5-4-8-16(17)13-32-20-11-7-6-10-18(20)21/h4-11,14,19,21,29H,12-13H2,1-3H3/t19-,21+/m1/s1. The van der Waals surface area contributed by atoms with E-state index in [-0.39, 0.29) is 29.6 Å². The van der Waals surface area contributed by atoms with Crippen molar-refractivity contribution in [2.24, 2.45) is 0 Å². The number of hydrogen-bond acceptors (Lipinski definition) is 5. The molecule has 6 nitrogen and oxygen atoms in total. The molecule has 5 rings (SSSR count). The van der Waals surface area contributed by atoms with Crippen LogP contribution < -0.4 is 5.56 Å². The average molecular weight is 448 g/mol. The molecule has 3 aromatic rings. The summed E-state index contributed by atoms with van der Waals surface area (Å²) in [6.45, 7) is 6.11. The van der Waals surface area contributed by atoms with Gasteiger partial charge in [-0.1, -0.05) is 42.5 Å². The quantitative estimate of drug-likeness (QED) is 0.640. The van der Waals surface area contributed by atoms with Gasteiger partial charge in [-0.2, -0.15) is 4.98 Å². The van der Waals surface area contributed by atoms with Crippen LogP contribution in [0.15, 0.2) is 58.2 Å². The fraction of sp³-hybridized carbons (Fsp3) is 0.320. The number of carbonyl (C=O) groups is 1. The van der Waals surface area contributed by atoms with Crippen LogP contribution in [0.3, 0.4) is 0 Å². The van der Waals surface area contributed by atoms with Gasteiger partial charge in [0.25, 0.3) is 5.91 Å². The van der Waals surface area contributed by atoms with Crippen LogP contribution in [-0.4, -0.2) is 38.1 Å². The summed E-state index contributed by atoms with van der Waals surface area (Å²) in [5.74, 6) is 0.341. The minimum absolute atomic E-state index is 0.0410. The minimum atomic E-state index is -0.760. The van der Waals surface area contributed by atoms with Crippen molar-refractivity contribution in [2.45, 2.75) is 49.4 Å². The third-order valence-corrected chi connectivity index (χ3v) is 7.63. The van der Waals surface area contributed by atoms with E-state index in [0.717, 1.165) is 5.75 Å². The Labute approximate surface area is 190 Å². The molecular formula is C25H25N3O3S. The molecule has 1 aromatic heterocycles. The van der Waals surface area contributed by atoms with Crippen LogP contribution in [0.25, 0.3) is 0 Å². The largest absolute Gasteiger partial charge is 0.501 e. The fourth-order valence-electron chi connectivity index (χ4n) is 5.02. The van der Waals surface area contributed by atoms with Crippen molar-refractivity contribution in [2.75, 3.05) is 6.54 Å². The monoisotopic (exact) mass is 447 g/mol. The van der Waals surface area contributed by atoms with Gasteiger partial charge in [-0.25, -0.2) is 0 Å². The number of rotatable bonds is 2. The number of aromatic nitrogens is 2. The Kier molecular flexibility index (Phi) is 5.08. The predicted octanol–water partition coefficient (Wildman–Crippen LogP) is 4.10. The van der Waals surface area contributed by atoms with E-state index >= 15 is 0 Å². The van der Waals surface area contributed by atoms with Crippen LogP contribution in [-0.2, 0) is 5.75 Å². The van der Waals surface area contributed by atoms with Crippen LogP contribution >= 0.6 is 11.8 Å². The van der Waals surface area contributed by atoms with Crippen molar-refractivity contribution in [3.8, 4) is 5.75 Å². The van der Waals surface area contributed by atoms with Gasteiger partial charge < -0.3 is 14.6 Å². The first-order valence-corrected chi connectivity index (χ1v) is 11.8. The number of nitrogens with zero attached hydrogens (tertiary/aromatic N) is 3. The second kappa shape index (κ2) is 7.81. The first-order valence-electron chi connectivity index (χ1n) is 10.8. The molecule has 0 aliphatic carbocycles. The van der Waals surface area contributed by atoms with Crippen LogP contribution in [0.1, 0.15) is 58.8 Å². The molecule has 2 aliphatic rings. The number of thioether (sulfide) groups is 1. The van der Waals surface area contributed by atoms with E-state index in [1.54, 1.807) is 16.4 Å². The zero-order valence-corrected chi connectivity index (χ0v) is 19.1. The maximum absolute atomic E-state index is 13.3. The Balaban J connectivity index is 1.82. The number of fused-ring (bicyclic) bond motifs is 3. The zero-order valence-electron chi connectivity index (χ0n) is 18.3. The summed E-state index contributed by atoms with van der Waals surface area (Å²) < 4.78 is 1.80. The predicted molar refractivity (Wildman–Crippen MR) is 124 cm³/mol. The molecule has 1 amide bonds. The maximum atomic E-state index is 13.3. The smallest absolute Gasteiger partial charge is 0.315 e. The SMILES string of the molecule is Cc1nc(=O)c(O)c2n1[C@@H]([C@H]1c3ccccc3CSc3ccccc31)CN(C(C)C)C2=O. The normalized spacial score (nSPS) is 19.9. The van der Waals surface area contributed by atoms with E-state index in [9.17, 15) is 14.7 Å². The van der Waals surface area contributed by atoms with Gasteiger partial charge in [-0.05, 0) is 43.5 Å². The Morgan fingerprint density at radius 2 is 1.75 bits per heavy atom. The summed E-state index contributed by atoms with van der Waals surface area (Å²) >= 11 is 1.81. The van der Waals surface area contributed by atoms with Crippen LogP contribution in [0.4, 0.5) is 0 Å². The van der Waals surface area contributed by atoms with Crippen molar-refractivity contribution < 1.29 is 9.90 Å². The molecule has 0 fully saturated rings. The molecule has 0 spiro atoms. The molecule has 32 heavy (non-hydrogen) atoms. The van der Waals surface area contributed by atoms with Gasteiger partial charge >= 0.3 is 5.56 Å². The molecule has 164 valence electrons. The summed E-state index contributed by atoms with van der Waals surface area (Å²) in [4.78, 5) is 32.7. The first kappa shape index (κ1) is 20.8. The molecule has 0 saturated heterocycles. The molecule has 0 unspecified atom stereocenters. The highest BCUT2D eigenvalue weighted by molar-refractivity contribution is 7.98. The first-order chi connectivity index (χ1) is 15.4. The van der Waals surface area contributed by atoms with Crippen molar-refractivity contribution in [1.82, 2.24) is 14.5 Å². The molecule has 0 bridgehead atoms. The van der Waals surface area contributed by atoms with Gasteiger partial charge in [0.1, 0.15) is 5.82 Å². The highest BCUT2D eigenvalue weighted by Crippen LogP contribution is 2.47. The summed E-state index contributed by atoms with van der Waals surface area (Å²) in [5, 5.41) is 10.7. The van der Waals surface area contributed by atoms with Gasteiger partial charge in [0, 0.05) is 29.2 Å². The van der Waals surface area contributed by atoms with Crippen LogP contribution in [0.2, 0.25) is 0 Å². The van der Waals surface area contributed by atoms with Gasteiger partial charge in [-0.15, -0.1) is 11.8 Å². The van der Waals surface area contributed by atoms with E-state index < -0.39 is 11.3 Å². The minimum Gasteiger partial charge on any atom is -0.501 e. The Morgan fingerprint density at radius 1 is 1.06 bits per heavy atom. The number of aryl methyl sites for hydroxylation is 1. The summed E-state index contributed by atoms with van der Waals surface area (Å²) in [7, 11) is 0. The third kappa shape index (κ3) is 3.14. The summed E-state index contributed by atoms with van der Waals surface area (Å²) in [6.07, 6.45) is 0. The summed E-state index contributed by atoms with van der Waals surface area (Å²) in [6, 6.07) is 16.5. The molecule has 2 atom stereocenters. The van der Waals surface area contributed by atoms with Gasteiger partial charge in [-0.3, -0.25) is 9.59 Å². The van der Waals surface area contributed by atoms with Gasteiger partial charge in [0.15, 0.2) is 5.69 Å². The average Bonchev–Trinajstić information content (AvgIpc) is 2.94. The van der Waals surface area contributed by atoms with E-state index in [2.05, 4.69) is 35.3 Å². The number of hydrogen-bond donors (Lipinski definition) is 1. The number of carbonyl (C=O) groups excluding carboxylic acids is 1. The number of aromatic hydroxyl groups is 1. The maximum Gasteiger partial charge on any atom is 0.315 e. The zero-order chi connectivity index (χ0) is 22.6. The lowest BCUT2D eigenvalue weighted by Crippen LogP contribution is -2.50. The Bertz CT molecular complexity index is 1240. The molecule has 2 aliphatic heterocycles. The highest BCUT2D eigenvalue weighted by Gasteiger charge is 2.42. The fourth-order valence-corrected chi connectivity index (χ4v) is 6.13. The third-order valence-electron chi connectivity index (χ3n) is 6.49. The lowest BCUT2D eigenvalue weighted by Gasteiger charge is -2.42. The summed E-state index contributed by atoms with van der Waals surface area (Å²) in [5.41, 5.74) is 2.93. The van der Waals surface area contributed by atoms with Crippen molar-refractivity contribution >= 4 is 17.7 Å². The molecule has 1 N–H and O–H groups in total. The van der Waals surface area contributed by atoms with E-state index in [4.69, 9.17) is 0 Å². The molecule has 0 radical (unpaired) electrons. The molecule has 2 aromatic carbocycles. The van der Waals surface area contributed by atoms with Gasteiger partial charge in [0.2, 0.25) is 5.75 Å². The molecular weight excluding hydrogens is 422 g/mol. The highest BCUT2D eigenvalue weighted by atomic mass is 32.2. The van der Waals surface area contributed by atoms with Crippen LogP contribution in [0, 0.1) is 6.92 Å². The van der Waals surface area contributed by atoms with Gasteiger partial charge in [0.05, 0.1) is 6.04 Å². The number of benzene rings is 2. The van der Waals surface area contributed by atoms with Crippen LogP contribution in [0.5, 0.6) is 5.75 Å². The second-order valence-corrected chi connectivity index (χ2v) is 9.67. The lowest BCUT2D eigenvalue weighted by molar-refractivity contribution is 0.0582. The molecule has 7 heteroatoms. The van der Waals surface area contributed by atoms with Crippen molar-refractivity contribution in [3.63, 3.8) is 0 Å². The van der Waals surface area contributed by atoms with E-state index in [0.29, 0.717) is 12.4 Å².